The summed E-state index contributed by atoms with van der Waals surface area (Å²) in [4.78, 5) is 14.8. The number of hydrogen-bond acceptors (Lipinski definition) is 3. The summed E-state index contributed by atoms with van der Waals surface area (Å²) in [7, 11) is 0. The van der Waals surface area contributed by atoms with Crippen LogP contribution in [0, 0.1) is 12.8 Å². The minimum Gasteiger partial charge on any atom is -0.398 e. The Labute approximate surface area is 127 Å². The lowest BCUT2D eigenvalue weighted by molar-refractivity contribution is -0.122. The zero-order valence-corrected chi connectivity index (χ0v) is 13.5. The Bertz CT molecular complexity index is 515. The fourth-order valence-electron chi connectivity index (χ4n) is 3.04. The van der Waals surface area contributed by atoms with E-state index in [-0.39, 0.29) is 11.9 Å². The maximum atomic E-state index is 12.5. The molecule has 116 valence electrons. The third-order valence-electron chi connectivity index (χ3n) is 4.68. The molecule has 2 rings (SSSR count). The number of nitrogen functional groups attached to an aromatic ring is 1. The highest BCUT2D eigenvalue weighted by Crippen LogP contribution is 2.25. The highest BCUT2D eigenvalue weighted by atomic mass is 16.2. The van der Waals surface area contributed by atoms with Crippen LogP contribution >= 0.6 is 0 Å². The SMILES string of the molecule is Cc1c(N)cccc1NC(=O)C(C)N1CC(C)CCC1C. The van der Waals surface area contributed by atoms with Crippen LogP contribution in [-0.4, -0.2) is 29.4 Å². The van der Waals surface area contributed by atoms with Crippen molar-refractivity contribution in [1.29, 1.82) is 0 Å². The molecule has 3 atom stereocenters. The smallest absolute Gasteiger partial charge is 0.241 e. The van der Waals surface area contributed by atoms with Crippen LogP contribution in [0.15, 0.2) is 18.2 Å². The molecular formula is C17H27N3O. The third-order valence-corrected chi connectivity index (χ3v) is 4.68. The Morgan fingerprint density at radius 2 is 2.10 bits per heavy atom. The van der Waals surface area contributed by atoms with Gasteiger partial charge in [0.1, 0.15) is 0 Å². The van der Waals surface area contributed by atoms with E-state index >= 15 is 0 Å². The lowest BCUT2D eigenvalue weighted by atomic mass is 9.93. The summed E-state index contributed by atoms with van der Waals surface area (Å²) in [5.74, 6) is 0.704. The summed E-state index contributed by atoms with van der Waals surface area (Å²) in [5.41, 5.74) is 8.34. The quantitative estimate of drug-likeness (QED) is 0.841. The Kier molecular flexibility index (Phi) is 4.88. The number of amides is 1. The number of rotatable bonds is 3. The van der Waals surface area contributed by atoms with Gasteiger partial charge in [-0.15, -0.1) is 0 Å². The Balaban J connectivity index is 2.07. The predicted octanol–water partition coefficient (Wildman–Crippen LogP) is 3.02. The van der Waals surface area contributed by atoms with Gasteiger partial charge in [-0.1, -0.05) is 13.0 Å². The number of benzene rings is 1. The molecule has 1 saturated heterocycles. The molecule has 0 spiro atoms. The molecule has 1 amide bonds. The first-order valence-electron chi connectivity index (χ1n) is 7.81. The van der Waals surface area contributed by atoms with Crippen molar-refractivity contribution < 1.29 is 4.79 Å². The van der Waals surface area contributed by atoms with Gasteiger partial charge < -0.3 is 11.1 Å². The molecule has 0 bridgehead atoms. The lowest BCUT2D eigenvalue weighted by Gasteiger charge is -2.40. The number of likely N-dealkylation sites (tertiary alicyclic amines) is 1. The van der Waals surface area contributed by atoms with Gasteiger partial charge in [0.05, 0.1) is 6.04 Å². The maximum Gasteiger partial charge on any atom is 0.241 e. The van der Waals surface area contributed by atoms with Crippen molar-refractivity contribution in [3.63, 3.8) is 0 Å². The highest BCUT2D eigenvalue weighted by molar-refractivity contribution is 5.95. The van der Waals surface area contributed by atoms with Crippen molar-refractivity contribution in [2.24, 2.45) is 5.92 Å². The van der Waals surface area contributed by atoms with Crippen LogP contribution in [0.2, 0.25) is 0 Å². The number of nitrogens with two attached hydrogens (primary N) is 1. The molecule has 1 fully saturated rings. The summed E-state index contributed by atoms with van der Waals surface area (Å²) in [6.07, 6.45) is 2.41. The summed E-state index contributed by atoms with van der Waals surface area (Å²) in [5, 5.41) is 3.02. The van der Waals surface area contributed by atoms with Crippen LogP contribution in [0.4, 0.5) is 11.4 Å². The van der Waals surface area contributed by atoms with Gasteiger partial charge >= 0.3 is 0 Å². The van der Waals surface area contributed by atoms with Gasteiger partial charge in [-0.2, -0.15) is 0 Å². The zero-order chi connectivity index (χ0) is 15.6. The van der Waals surface area contributed by atoms with E-state index in [0.29, 0.717) is 17.6 Å². The fraction of sp³-hybridized carbons (Fsp3) is 0.588. The maximum absolute atomic E-state index is 12.5. The number of hydrogen-bond donors (Lipinski definition) is 2. The summed E-state index contributed by atoms with van der Waals surface area (Å²) in [6, 6.07) is 5.96. The minimum atomic E-state index is -0.122. The average molecular weight is 289 g/mol. The van der Waals surface area contributed by atoms with E-state index in [2.05, 4.69) is 24.1 Å². The first kappa shape index (κ1) is 15.8. The highest BCUT2D eigenvalue weighted by Gasteiger charge is 2.30. The second-order valence-corrected chi connectivity index (χ2v) is 6.41. The van der Waals surface area contributed by atoms with E-state index in [0.717, 1.165) is 24.2 Å². The molecule has 4 nitrogen and oxygen atoms in total. The molecule has 0 saturated carbocycles. The molecule has 0 aromatic heterocycles. The molecule has 0 aliphatic carbocycles. The van der Waals surface area contributed by atoms with E-state index in [1.54, 1.807) is 0 Å². The standard InChI is InChI=1S/C17H27N3O/c1-11-8-9-12(2)20(10-11)14(4)17(21)19-16-7-5-6-15(18)13(16)3/h5-7,11-12,14H,8-10,18H2,1-4H3,(H,19,21). The molecule has 4 heteroatoms. The number of carbonyl (C=O) groups is 1. The summed E-state index contributed by atoms with van der Waals surface area (Å²) >= 11 is 0. The van der Waals surface area contributed by atoms with E-state index < -0.39 is 0 Å². The average Bonchev–Trinajstić information content (AvgIpc) is 2.45. The number of nitrogens with one attached hydrogen (secondary N) is 1. The van der Waals surface area contributed by atoms with Gasteiger partial charge in [-0.05, 0) is 57.2 Å². The van der Waals surface area contributed by atoms with E-state index in [9.17, 15) is 4.79 Å². The second-order valence-electron chi connectivity index (χ2n) is 6.41. The van der Waals surface area contributed by atoms with Crippen molar-refractivity contribution in [3.05, 3.63) is 23.8 Å². The van der Waals surface area contributed by atoms with E-state index in [1.807, 2.05) is 32.0 Å². The van der Waals surface area contributed by atoms with Crippen molar-refractivity contribution in [1.82, 2.24) is 4.90 Å². The Morgan fingerprint density at radius 3 is 2.81 bits per heavy atom. The van der Waals surface area contributed by atoms with E-state index in [4.69, 9.17) is 5.73 Å². The van der Waals surface area contributed by atoms with E-state index in [1.165, 1.54) is 6.42 Å². The van der Waals surface area contributed by atoms with Crippen LogP contribution in [0.1, 0.15) is 39.2 Å². The fourth-order valence-corrected chi connectivity index (χ4v) is 3.04. The second kappa shape index (κ2) is 6.48. The molecular weight excluding hydrogens is 262 g/mol. The molecule has 1 aromatic rings. The molecule has 3 unspecified atom stereocenters. The molecule has 21 heavy (non-hydrogen) atoms. The number of anilines is 2. The van der Waals surface area contributed by atoms with Gasteiger partial charge in [0.25, 0.3) is 0 Å². The van der Waals surface area contributed by atoms with Gasteiger partial charge in [-0.25, -0.2) is 0 Å². The summed E-state index contributed by atoms with van der Waals surface area (Å²) in [6.45, 7) is 9.38. The molecule has 3 N–H and O–H groups in total. The molecule has 1 heterocycles. The summed E-state index contributed by atoms with van der Waals surface area (Å²) < 4.78 is 0. The van der Waals surface area contributed by atoms with Crippen molar-refractivity contribution in [2.75, 3.05) is 17.6 Å². The van der Waals surface area contributed by atoms with Crippen LogP contribution in [-0.2, 0) is 4.79 Å². The van der Waals surface area contributed by atoms with Crippen LogP contribution in [0.5, 0.6) is 0 Å². The van der Waals surface area contributed by atoms with Gasteiger partial charge in [-0.3, -0.25) is 9.69 Å². The molecule has 1 aliphatic rings. The van der Waals surface area contributed by atoms with Gasteiger partial charge in [0.2, 0.25) is 5.91 Å². The van der Waals surface area contributed by atoms with Crippen molar-refractivity contribution >= 4 is 17.3 Å². The van der Waals surface area contributed by atoms with Crippen LogP contribution < -0.4 is 11.1 Å². The number of piperidine rings is 1. The van der Waals surface area contributed by atoms with Crippen LogP contribution in [0.25, 0.3) is 0 Å². The van der Waals surface area contributed by atoms with Crippen molar-refractivity contribution in [2.45, 2.75) is 52.6 Å². The predicted molar refractivity (Wildman–Crippen MR) is 88.2 cm³/mol. The van der Waals surface area contributed by atoms with Crippen molar-refractivity contribution in [3.8, 4) is 0 Å². The third kappa shape index (κ3) is 3.56. The topological polar surface area (TPSA) is 58.4 Å². The first-order chi connectivity index (χ1) is 9.90. The minimum absolute atomic E-state index is 0.0460. The van der Waals surface area contributed by atoms with Gasteiger partial charge in [0, 0.05) is 24.0 Å². The molecule has 1 aromatic carbocycles. The number of carbonyl (C=O) groups excluding carboxylic acids is 1. The normalized spacial score (nSPS) is 24.6. The Morgan fingerprint density at radius 1 is 1.38 bits per heavy atom. The molecule has 1 aliphatic heterocycles. The largest absolute Gasteiger partial charge is 0.398 e. The Hall–Kier alpha value is -1.55. The number of nitrogens with zero attached hydrogens (tertiary/aromatic N) is 1. The van der Waals surface area contributed by atoms with Crippen LogP contribution in [0.3, 0.4) is 0 Å². The zero-order valence-electron chi connectivity index (χ0n) is 13.5. The monoisotopic (exact) mass is 289 g/mol. The lowest BCUT2D eigenvalue weighted by Crippen LogP contribution is -2.50. The molecule has 0 radical (unpaired) electrons. The first-order valence-corrected chi connectivity index (χ1v) is 7.81. The van der Waals surface area contributed by atoms with Gasteiger partial charge in [0.15, 0.2) is 0 Å².